The first-order valence-corrected chi connectivity index (χ1v) is 7.83. The van der Waals surface area contributed by atoms with E-state index >= 15 is 0 Å². The summed E-state index contributed by atoms with van der Waals surface area (Å²) in [6.45, 7) is 7.65. The summed E-state index contributed by atoms with van der Waals surface area (Å²) in [7, 11) is 1.92. The minimum absolute atomic E-state index is 0.530. The van der Waals surface area contributed by atoms with E-state index in [1.54, 1.807) is 4.68 Å². The lowest BCUT2D eigenvalue weighted by Crippen LogP contribution is -2.39. The fraction of sp³-hybridized carbons (Fsp3) is 0.800. The zero-order valence-electron chi connectivity index (χ0n) is 12.5. The maximum atomic E-state index is 6.37. The normalized spacial score (nSPS) is 24.9. The second-order valence-electron chi connectivity index (χ2n) is 5.92. The molecule has 19 heavy (non-hydrogen) atoms. The number of nitrogens with one attached hydrogen (secondary N) is 1. The number of hydrogen-bond acceptors (Lipinski definition) is 2. The number of likely N-dealkylation sites (N-methyl/N-ethyl adjacent to an activating group) is 1. The molecule has 3 unspecified atom stereocenters. The zero-order chi connectivity index (χ0) is 14.0. The average Bonchev–Trinajstić information content (AvgIpc) is 2.88. The Morgan fingerprint density at radius 1 is 1.47 bits per heavy atom. The molecule has 1 aliphatic rings. The molecule has 0 bridgehead atoms. The predicted molar refractivity (Wildman–Crippen MR) is 80.6 cm³/mol. The molecule has 1 aromatic heterocycles. The van der Waals surface area contributed by atoms with Gasteiger partial charge in [0.15, 0.2) is 0 Å². The third-order valence-electron chi connectivity index (χ3n) is 4.60. The Morgan fingerprint density at radius 2 is 2.21 bits per heavy atom. The molecule has 1 saturated carbocycles. The molecule has 0 saturated heterocycles. The van der Waals surface area contributed by atoms with E-state index in [4.69, 9.17) is 11.6 Å². The van der Waals surface area contributed by atoms with Crippen molar-refractivity contribution >= 4 is 11.6 Å². The van der Waals surface area contributed by atoms with Gasteiger partial charge in [-0.2, -0.15) is 5.10 Å². The van der Waals surface area contributed by atoms with Crippen LogP contribution in [0.1, 0.15) is 44.4 Å². The van der Waals surface area contributed by atoms with Gasteiger partial charge in [0.05, 0.1) is 5.69 Å². The minimum Gasteiger partial charge on any atom is -0.314 e. The second kappa shape index (κ2) is 6.27. The summed E-state index contributed by atoms with van der Waals surface area (Å²) in [5.41, 5.74) is 2.29. The van der Waals surface area contributed by atoms with E-state index in [-0.39, 0.29) is 0 Å². The molecule has 3 nitrogen and oxygen atoms in total. The molecule has 0 amide bonds. The van der Waals surface area contributed by atoms with Crippen molar-refractivity contribution in [2.75, 3.05) is 6.54 Å². The highest BCUT2D eigenvalue weighted by Gasteiger charge is 2.31. The highest BCUT2D eigenvalue weighted by molar-refractivity contribution is 6.30. The fourth-order valence-electron chi connectivity index (χ4n) is 3.53. The van der Waals surface area contributed by atoms with Crippen molar-refractivity contribution in [2.24, 2.45) is 18.9 Å². The van der Waals surface area contributed by atoms with Gasteiger partial charge in [-0.05, 0) is 38.1 Å². The van der Waals surface area contributed by atoms with Gasteiger partial charge in [-0.1, -0.05) is 38.3 Å². The van der Waals surface area contributed by atoms with Gasteiger partial charge in [0, 0.05) is 18.7 Å². The summed E-state index contributed by atoms with van der Waals surface area (Å²) in [4.78, 5) is 0. The van der Waals surface area contributed by atoms with Crippen LogP contribution < -0.4 is 5.32 Å². The van der Waals surface area contributed by atoms with Crippen molar-refractivity contribution in [3.8, 4) is 0 Å². The fourth-order valence-corrected chi connectivity index (χ4v) is 3.79. The van der Waals surface area contributed by atoms with E-state index in [9.17, 15) is 0 Å². The Bertz CT molecular complexity index is 427. The van der Waals surface area contributed by atoms with Gasteiger partial charge in [-0.15, -0.1) is 0 Å². The molecule has 4 heteroatoms. The number of aryl methyl sites for hydroxylation is 2. The standard InChI is InChI=1S/C15H26ClN3/c1-5-17-14(12-8-6-7-10(12)2)9-13-11(3)18-19(4)15(13)16/h10,12,14,17H,5-9H2,1-4H3. The first-order chi connectivity index (χ1) is 9.04. The molecule has 0 spiro atoms. The summed E-state index contributed by atoms with van der Waals surface area (Å²) in [6, 6.07) is 0.530. The number of hydrogen-bond donors (Lipinski definition) is 1. The molecule has 1 fully saturated rings. The van der Waals surface area contributed by atoms with Crippen molar-refractivity contribution in [3.63, 3.8) is 0 Å². The van der Waals surface area contributed by atoms with Crippen molar-refractivity contribution in [1.82, 2.24) is 15.1 Å². The van der Waals surface area contributed by atoms with Crippen molar-refractivity contribution < 1.29 is 0 Å². The third-order valence-corrected chi connectivity index (χ3v) is 5.08. The first-order valence-electron chi connectivity index (χ1n) is 7.46. The average molecular weight is 284 g/mol. The van der Waals surface area contributed by atoms with Crippen LogP contribution in [0.2, 0.25) is 5.15 Å². The number of rotatable bonds is 5. The summed E-state index contributed by atoms with van der Waals surface area (Å²) < 4.78 is 1.79. The molecule has 1 aromatic rings. The number of aromatic nitrogens is 2. The molecule has 2 rings (SSSR count). The van der Waals surface area contributed by atoms with E-state index in [2.05, 4.69) is 31.2 Å². The molecule has 0 aromatic carbocycles. The molecular formula is C15H26ClN3. The summed E-state index contributed by atoms with van der Waals surface area (Å²) in [6.07, 6.45) is 5.08. The van der Waals surface area contributed by atoms with E-state index in [0.29, 0.717) is 6.04 Å². The van der Waals surface area contributed by atoms with E-state index in [1.807, 2.05) is 7.05 Å². The highest BCUT2D eigenvalue weighted by Crippen LogP contribution is 2.35. The lowest BCUT2D eigenvalue weighted by atomic mass is 9.86. The Balaban J connectivity index is 2.16. The Hall–Kier alpha value is -0.540. The molecule has 1 N–H and O–H groups in total. The smallest absolute Gasteiger partial charge is 0.130 e. The number of halogens is 1. The quantitative estimate of drug-likeness (QED) is 0.898. The Kier molecular flexibility index (Phi) is 4.91. The van der Waals surface area contributed by atoms with E-state index < -0.39 is 0 Å². The Labute approximate surface area is 121 Å². The van der Waals surface area contributed by atoms with Crippen LogP contribution >= 0.6 is 11.6 Å². The predicted octanol–water partition coefficient (Wildman–Crippen LogP) is 3.34. The molecule has 1 heterocycles. The van der Waals surface area contributed by atoms with Crippen LogP contribution in [0.3, 0.4) is 0 Å². The van der Waals surface area contributed by atoms with Gasteiger partial charge >= 0.3 is 0 Å². The lowest BCUT2D eigenvalue weighted by molar-refractivity contribution is 0.298. The first kappa shape index (κ1) is 14.9. The molecule has 1 aliphatic carbocycles. The van der Waals surface area contributed by atoms with Gasteiger partial charge in [0.2, 0.25) is 0 Å². The molecular weight excluding hydrogens is 258 g/mol. The van der Waals surface area contributed by atoms with Crippen LogP contribution in [0.15, 0.2) is 0 Å². The topological polar surface area (TPSA) is 29.9 Å². The van der Waals surface area contributed by atoms with Gasteiger partial charge in [0.25, 0.3) is 0 Å². The van der Waals surface area contributed by atoms with Crippen molar-refractivity contribution in [1.29, 1.82) is 0 Å². The summed E-state index contributed by atoms with van der Waals surface area (Å²) in [5, 5.41) is 8.90. The SMILES string of the molecule is CCNC(Cc1c(C)nn(C)c1Cl)C1CCCC1C. The maximum Gasteiger partial charge on any atom is 0.130 e. The summed E-state index contributed by atoms with van der Waals surface area (Å²) in [5.74, 6) is 1.59. The Morgan fingerprint density at radius 3 is 2.68 bits per heavy atom. The summed E-state index contributed by atoms with van der Waals surface area (Å²) >= 11 is 6.37. The van der Waals surface area contributed by atoms with Crippen LogP contribution in [-0.4, -0.2) is 22.4 Å². The molecule has 0 aliphatic heterocycles. The van der Waals surface area contributed by atoms with Crippen molar-refractivity contribution in [2.45, 2.75) is 52.5 Å². The monoisotopic (exact) mass is 283 g/mol. The largest absolute Gasteiger partial charge is 0.314 e. The van der Waals surface area contributed by atoms with Crippen LogP contribution in [0, 0.1) is 18.8 Å². The highest BCUT2D eigenvalue weighted by atomic mass is 35.5. The maximum absolute atomic E-state index is 6.37. The second-order valence-corrected chi connectivity index (χ2v) is 6.28. The third kappa shape index (κ3) is 3.14. The van der Waals surface area contributed by atoms with Crippen LogP contribution in [-0.2, 0) is 13.5 Å². The lowest BCUT2D eigenvalue weighted by Gasteiger charge is -2.28. The number of nitrogens with zero attached hydrogens (tertiary/aromatic N) is 2. The van der Waals surface area contributed by atoms with Gasteiger partial charge < -0.3 is 5.32 Å². The van der Waals surface area contributed by atoms with Gasteiger partial charge in [-0.25, -0.2) is 0 Å². The molecule has 3 atom stereocenters. The van der Waals surface area contributed by atoms with Crippen LogP contribution in [0.4, 0.5) is 0 Å². The minimum atomic E-state index is 0.530. The molecule has 0 radical (unpaired) electrons. The zero-order valence-corrected chi connectivity index (χ0v) is 13.3. The van der Waals surface area contributed by atoms with Gasteiger partial charge in [0.1, 0.15) is 5.15 Å². The van der Waals surface area contributed by atoms with Crippen molar-refractivity contribution in [3.05, 3.63) is 16.4 Å². The van der Waals surface area contributed by atoms with E-state index in [1.165, 1.54) is 24.8 Å². The van der Waals surface area contributed by atoms with Crippen LogP contribution in [0.25, 0.3) is 0 Å². The molecule has 108 valence electrons. The van der Waals surface area contributed by atoms with Crippen LogP contribution in [0.5, 0.6) is 0 Å². The van der Waals surface area contributed by atoms with E-state index in [0.717, 1.165) is 35.6 Å². The van der Waals surface area contributed by atoms with Gasteiger partial charge in [-0.3, -0.25) is 4.68 Å².